The maximum absolute atomic E-state index is 14.1. The summed E-state index contributed by atoms with van der Waals surface area (Å²) in [6.45, 7) is 1.65. The van der Waals surface area contributed by atoms with Crippen LogP contribution in [0.3, 0.4) is 0 Å². The molecule has 0 spiro atoms. The third-order valence-electron chi connectivity index (χ3n) is 3.05. The number of pyridine rings is 1. The van der Waals surface area contributed by atoms with Crippen molar-refractivity contribution in [2.45, 2.75) is 6.92 Å². The van der Waals surface area contributed by atoms with Gasteiger partial charge in [0.1, 0.15) is 17.4 Å². The summed E-state index contributed by atoms with van der Waals surface area (Å²) in [5.41, 5.74) is 0.127. The number of nitrogens with one attached hydrogen (secondary N) is 1. The zero-order chi connectivity index (χ0) is 13.7. The van der Waals surface area contributed by atoms with E-state index in [4.69, 9.17) is 0 Å². The molecular formula is C14H9F2NO2. The summed E-state index contributed by atoms with van der Waals surface area (Å²) in [7, 11) is 0. The molecule has 1 heterocycles. The second-order valence-corrected chi connectivity index (χ2v) is 4.47. The molecule has 1 aromatic heterocycles. The van der Waals surface area contributed by atoms with Crippen LogP contribution in [0, 0.1) is 18.6 Å². The van der Waals surface area contributed by atoms with E-state index in [1.54, 1.807) is 6.92 Å². The van der Waals surface area contributed by atoms with E-state index in [1.165, 1.54) is 18.2 Å². The molecule has 3 nitrogen and oxygen atoms in total. The largest absolute Gasteiger partial charge is 0.508 e. The Morgan fingerprint density at radius 1 is 1.05 bits per heavy atom. The first-order valence-corrected chi connectivity index (χ1v) is 5.62. The summed E-state index contributed by atoms with van der Waals surface area (Å²) in [5, 5.41) is 9.32. The van der Waals surface area contributed by atoms with Crippen LogP contribution in [0.5, 0.6) is 5.75 Å². The van der Waals surface area contributed by atoms with Crippen LogP contribution >= 0.6 is 0 Å². The second kappa shape index (κ2) is 3.78. The number of aromatic nitrogens is 1. The highest BCUT2D eigenvalue weighted by atomic mass is 19.1. The molecular weight excluding hydrogens is 252 g/mol. The van der Waals surface area contributed by atoms with Crippen molar-refractivity contribution in [1.82, 2.24) is 4.98 Å². The number of benzene rings is 2. The van der Waals surface area contributed by atoms with Gasteiger partial charge in [0, 0.05) is 22.9 Å². The zero-order valence-electron chi connectivity index (χ0n) is 9.92. The molecule has 0 atom stereocenters. The Balaban J connectivity index is 2.70. The van der Waals surface area contributed by atoms with Gasteiger partial charge in [-0.2, -0.15) is 0 Å². The van der Waals surface area contributed by atoms with Crippen LogP contribution in [0.2, 0.25) is 0 Å². The van der Waals surface area contributed by atoms with Gasteiger partial charge < -0.3 is 10.1 Å². The SMILES string of the molecule is Cc1cc(F)c2c(c1)c(=O)[nH]c1cc(O)cc(F)c12. The summed E-state index contributed by atoms with van der Waals surface area (Å²) in [4.78, 5) is 14.3. The lowest BCUT2D eigenvalue weighted by Gasteiger charge is -2.07. The van der Waals surface area contributed by atoms with Crippen molar-refractivity contribution in [3.63, 3.8) is 0 Å². The quantitative estimate of drug-likeness (QED) is 0.611. The molecule has 0 fully saturated rings. The number of H-pyrrole nitrogens is 1. The summed E-state index contributed by atoms with van der Waals surface area (Å²) in [6, 6.07) is 4.83. The Bertz CT molecular complexity index is 884. The van der Waals surface area contributed by atoms with E-state index in [9.17, 15) is 18.7 Å². The third kappa shape index (κ3) is 1.66. The fourth-order valence-electron chi connectivity index (χ4n) is 2.31. The average Bonchev–Trinajstić information content (AvgIpc) is 2.29. The Kier molecular flexibility index (Phi) is 2.32. The second-order valence-electron chi connectivity index (χ2n) is 4.47. The minimum absolute atomic E-state index is 0.0371. The van der Waals surface area contributed by atoms with Gasteiger partial charge in [-0.15, -0.1) is 0 Å². The molecule has 0 radical (unpaired) electrons. The molecule has 0 aliphatic rings. The van der Waals surface area contributed by atoms with Gasteiger partial charge >= 0.3 is 0 Å². The smallest absolute Gasteiger partial charge is 0.256 e. The van der Waals surface area contributed by atoms with Crippen LogP contribution in [0.15, 0.2) is 29.1 Å². The summed E-state index contributed by atoms with van der Waals surface area (Å²) >= 11 is 0. The average molecular weight is 261 g/mol. The highest BCUT2D eigenvalue weighted by molar-refractivity contribution is 6.06. The monoisotopic (exact) mass is 261 g/mol. The minimum Gasteiger partial charge on any atom is -0.508 e. The standard InChI is InChI=1S/C14H9F2NO2/c1-6-2-8-12(9(15)3-6)13-10(16)4-7(18)5-11(13)17-14(8)19/h2-5,18H,1H3,(H,17,19). The van der Waals surface area contributed by atoms with Gasteiger partial charge in [0.2, 0.25) is 0 Å². The van der Waals surface area contributed by atoms with E-state index < -0.39 is 17.2 Å². The minimum atomic E-state index is -0.779. The molecule has 0 saturated carbocycles. The van der Waals surface area contributed by atoms with E-state index in [1.807, 2.05) is 0 Å². The Morgan fingerprint density at radius 2 is 1.74 bits per heavy atom. The lowest BCUT2D eigenvalue weighted by molar-refractivity contribution is 0.471. The van der Waals surface area contributed by atoms with Crippen molar-refractivity contribution >= 4 is 21.7 Å². The van der Waals surface area contributed by atoms with E-state index >= 15 is 0 Å². The van der Waals surface area contributed by atoms with Crippen molar-refractivity contribution in [3.8, 4) is 5.75 Å². The third-order valence-corrected chi connectivity index (χ3v) is 3.05. The van der Waals surface area contributed by atoms with E-state index in [-0.39, 0.29) is 27.4 Å². The molecule has 0 amide bonds. The Hall–Kier alpha value is -2.43. The van der Waals surface area contributed by atoms with Gasteiger partial charge in [-0.05, 0) is 24.6 Å². The lowest BCUT2D eigenvalue weighted by Crippen LogP contribution is -2.08. The molecule has 2 N–H and O–H groups in total. The number of phenolic OH excluding ortho intramolecular Hbond substituents is 1. The molecule has 3 rings (SSSR count). The predicted molar refractivity (Wildman–Crippen MR) is 68.4 cm³/mol. The number of hydrogen-bond donors (Lipinski definition) is 2. The van der Waals surface area contributed by atoms with Gasteiger partial charge in [-0.25, -0.2) is 8.78 Å². The van der Waals surface area contributed by atoms with Crippen molar-refractivity contribution in [1.29, 1.82) is 0 Å². The first-order chi connectivity index (χ1) is 8.97. The number of hydrogen-bond acceptors (Lipinski definition) is 2. The molecule has 3 aromatic rings. The number of phenols is 1. The van der Waals surface area contributed by atoms with Crippen LogP contribution in [-0.4, -0.2) is 10.1 Å². The molecule has 5 heteroatoms. The van der Waals surface area contributed by atoms with Crippen LogP contribution in [-0.2, 0) is 0 Å². The zero-order valence-corrected chi connectivity index (χ0v) is 9.92. The highest BCUT2D eigenvalue weighted by Gasteiger charge is 2.14. The first kappa shape index (κ1) is 11.6. The fourth-order valence-corrected chi connectivity index (χ4v) is 2.31. The summed E-state index contributed by atoms with van der Waals surface area (Å²) < 4.78 is 28.0. The Labute approximate surface area is 106 Å². The molecule has 0 aliphatic carbocycles. The Morgan fingerprint density at radius 3 is 2.47 bits per heavy atom. The normalized spacial score (nSPS) is 11.3. The topological polar surface area (TPSA) is 53.1 Å². The molecule has 0 saturated heterocycles. The van der Waals surface area contributed by atoms with Crippen molar-refractivity contribution in [3.05, 3.63) is 51.8 Å². The summed E-state index contributed by atoms with van der Waals surface area (Å²) in [6.07, 6.45) is 0. The van der Waals surface area contributed by atoms with Gasteiger partial charge in [0.05, 0.1) is 10.9 Å². The number of aryl methyl sites for hydroxylation is 1. The van der Waals surface area contributed by atoms with E-state index in [2.05, 4.69) is 4.98 Å². The van der Waals surface area contributed by atoms with Crippen molar-refractivity contribution in [2.75, 3.05) is 0 Å². The van der Waals surface area contributed by atoms with Crippen molar-refractivity contribution < 1.29 is 13.9 Å². The number of halogens is 2. The number of rotatable bonds is 0. The van der Waals surface area contributed by atoms with Crippen LogP contribution in [0.1, 0.15) is 5.56 Å². The molecule has 2 aromatic carbocycles. The number of aromatic hydroxyl groups is 1. The molecule has 19 heavy (non-hydrogen) atoms. The number of aromatic amines is 1. The molecule has 0 aliphatic heterocycles. The highest BCUT2D eigenvalue weighted by Crippen LogP contribution is 2.29. The number of fused-ring (bicyclic) bond motifs is 3. The van der Waals surface area contributed by atoms with Crippen LogP contribution in [0.25, 0.3) is 21.7 Å². The van der Waals surface area contributed by atoms with Gasteiger partial charge in [-0.1, -0.05) is 0 Å². The van der Waals surface area contributed by atoms with Gasteiger partial charge in [-0.3, -0.25) is 4.79 Å². The summed E-state index contributed by atoms with van der Waals surface area (Å²) in [5.74, 6) is -1.76. The molecule has 96 valence electrons. The van der Waals surface area contributed by atoms with Crippen LogP contribution in [0.4, 0.5) is 8.78 Å². The van der Waals surface area contributed by atoms with E-state index in [0.717, 1.165) is 6.07 Å². The van der Waals surface area contributed by atoms with Crippen LogP contribution < -0.4 is 5.56 Å². The fraction of sp³-hybridized carbons (Fsp3) is 0.0714. The van der Waals surface area contributed by atoms with Gasteiger partial charge in [0.15, 0.2) is 0 Å². The maximum atomic E-state index is 14.1. The molecule has 0 bridgehead atoms. The van der Waals surface area contributed by atoms with E-state index in [0.29, 0.717) is 5.56 Å². The van der Waals surface area contributed by atoms with Gasteiger partial charge in [0.25, 0.3) is 5.56 Å². The molecule has 0 unspecified atom stereocenters. The van der Waals surface area contributed by atoms with Crippen molar-refractivity contribution in [2.24, 2.45) is 0 Å². The lowest BCUT2D eigenvalue weighted by atomic mass is 10.0. The maximum Gasteiger partial charge on any atom is 0.256 e. The first-order valence-electron chi connectivity index (χ1n) is 5.62. The predicted octanol–water partition coefficient (Wildman–Crippen LogP) is 2.97.